The van der Waals surface area contributed by atoms with E-state index in [1.54, 1.807) is 0 Å². The molecule has 1 atom stereocenters. The van der Waals surface area contributed by atoms with Crippen molar-refractivity contribution in [3.8, 4) is 0 Å². The molecule has 3 N–H and O–H groups in total. The molecule has 1 aromatic carbocycles. The molecule has 0 aliphatic rings. The summed E-state index contributed by atoms with van der Waals surface area (Å²) in [6, 6.07) is 6.29. The Balaban J connectivity index is 2.94. The lowest BCUT2D eigenvalue weighted by atomic mass is 10.0. The number of amidine groups is 1. The van der Waals surface area contributed by atoms with Crippen LogP contribution in [0.25, 0.3) is 0 Å². The van der Waals surface area contributed by atoms with Crippen LogP contribution in [0.15, 0.2) is 27.8 Å². The van der Waals surface area contributed by atoms with Crippen LogP contribution >= 0.6 is 15.9 Å². The zero-order valence-electron chi connectivity index (χ0n) is 11.9. The topological polar surface area (TPSA) is 61.8 Å². The second-order valence-corrected chi connectivity index (χ2v) is 6.09. The van der Waals surface area contributed by atoms with Crippen molar-refractivity contribution in [3.63, 3.8) is 0 Å². The molecule has 0 saturated heterocycles. The van der Waals surface area contributed by atoms with E-state index in [9.17, 15) is 0 Å². The Labute approximate surface area is 123 Å². The Morgan fingerprint density at radius 1 is 1.42 bits per heavy atom. The Morgan fingerprint density at radius 3 is 2.53 bits per heavy atom. The number of oxime groups is 1. The first-order valence-electron chi connectivity index (χ1n) is 6.37. The van der Waals surface area contributed by atoms with E-state index < -0.39 is 0 Å². The lowest BCUT2D eigenvalue weighted by Gasteiger charge is -2.28. The molecule has 0 aromatic heterocycles. The summed E-state index contributed by atoms with van der Waals surface area (Å²) in [6.45, 7) is 6.66. The first-order valence-corrected chi connectivity index (χ1v) is 7.16. The average Bonchev–Trinajstić information content (AvgIpc) is 2.36. The Bertz CT molecular complexity index is 460. The van der Waals surface area contributed by atoms with E-state index in [4.69, 9.17) is 10.9 Å². The van der Waals surface area contributed by atoms with Crippen LogP contribution in [0, 0.1) is 5.92 Å². The average molecular weight is 328 g/mol. The predicted octanol–water partition coefficient (Wildman–Crippen LogP) is 3.41. The fourth-order valence-electron chi connectivity index (χ4n) is 2.08. The minimum atomic E-state index is 0.108. The number of hydrogen-bond donors (Lipinski definition) is 2. The van der Waals surface area contributed by atoms with Crippen molar-refractivity contribution in [1.29, 1.82) is 0 Å². The van der Waals surface area contributed by atoms with Crippen molar-refractivity contribution in [3.05, 3.63) is 28.2 Å². The number of rotatable bonds is 5. The van der Waals surface area contributed by atoms with Gasteiger partial charge in [0.1, 0.15) is 0 Å². The molecule has 0 saturated carbocycles. The highest BCUT2D eigenvalue weighted by Gasteiger charge is 2.13. The van der Waals surface area contributed by atoms with Crippen LogP contribution in [0.2, 0.25) is 0 Å². The number of nitrogens with zero attached hydrogens (tertiary/aromatic N) is 2. The van der Waals surface area contributed by atoms with Crippen molar-refractivity contribution >= 4 is 27.5 Å². The van der Waals surface area contributed by atoms with Crippen molar-refractivity contribution in [1.82, 2.24) is 0 Å². The SMILES string of the molecule is CC(C)CC(C)N(C)c1ccc(/C(N)=N/O)c(Br)c1. The van der Waals surface area contributed by atoms with Crippen molar-refractivity contribution in [2.45, 2.75) is 33.2 Å². The number of benzene rings is 1. The van der Waals surface area contributed by atoms with Gasteiger partial charge in [-0.25, -0.2) is 0 Å². The minimum Gasteiger partial charge on any atom is -0.409 e. The van der Waals surface area contributed by atoms with Crippen LogP contribution in [0.5, 0.6) is 0 Å². The highest BCUT2D eigenvalue weighted by Crippen LogP contribution is 2.25. The molecule has 1 unspecified atom stereocenters. The maximum atomic E-state index is 8.71. The summed E-state index contributed by atoms with van der Waals surface area (Å²) in [5.74, 6) is 0.772. The van der Waals surface area contributed by atoms with E-state index in [2.05, 4.69) is 53.8 Å². The van der Waals surface area contributed by atoms with E-state index >= 15 is 0 Å². The number of halogens is 1. The summed E-state index contributed by atoms with van der Waals surface area (Å²) in [7, 11) is 2.08. The summed E-state index contributed by atoms with van der Waals surface area (Å²) >= 11 is 3.46. The van der Waals surface area contributed by atoms with E-state index in [1.165, 1.54) is 0 Å². The molecule has 0 bridgehead atoms. The number of hydrogen-bond acceptors (Lipinski definition) is 3. The summed E-state index contributed by atoms with van der Waals surface area (Å²) in [5.41, 5.74) is 7.40. The summed E-state index contributed by atoms with van der Waals surface area (Å²) in [6.07, 6.45) is 1.14. The van der Waals surface area contributed by atoms with Gasteiger partial charge in [-0.1, -0.05) is 19.0 Å². The second kappa shape index (κ2) is 6.80. The quantitative estimate of drug-likeness (QED) is 0.377. The van der Waals surface area contributed by atoms with Gasteiger partial charge in [-0.2, -0.15) is 0 Å². The van der Waals surface area contributed by atoms with Crippen LogP contribution in [-0.4, -0.2) is 24.1 Å². The molecule has 0 aliphatic heterocycles. The summed E-state index contributed by atoms with van der Waals surface area (Å²) in [5, 5.41) is 11.7. The molecule has 0 radical (unpaired) electrons. The molecular weight excluding hydrogens is 306 g/mol. The third-order valence-corrected chi connectivity index (χ3v) is 3.87. The second-order valence-electron chi connectivity index (χ2n) is 5.24. The van der Waals surface area contributed by atoms with Crippen LogP contribution in [0.3, 0.4) is 0 Å². The van der Waals surface area contributed by atoms with Crippen molar-refractivity contribution in [2.24, 2.45) is 16.8 Å². The van der Waals surface area contributed by atoms with Crippen LogP contribution in [0.4, 0.5) is 5.69 Å². The fourth-order valence-corrected chi connectivity index (χ4v) is 2.65. The van der Waals surface area contributed by atoms with Gasteiger partial charge in [-0.15, -0.1) is 0 Å². The van der Waals surface area contributed by atoms with E-state index in [-0.39, 0.29) is 5.84 Å². The largest absolute Gasteiger partial charge is 0.409 e. The zero-order chi connectivity index (χ0) is 14.6. The summed E-state index contributed by atoms with van der Waals surface area (Å²) in [4.78, 5) is 2.24. The maximum Gasteiger partial charge on any atom is 0.171 e. The molecule has 0 aliphatic carbocycles. The third-order valence-electron chi connectivity index (χ3n) is 3.22. The monoisotopic (exact) mass is 327 g/mol. The van der Waals surface area contributed by atoms with Crippen LogP contribution < -0.4 is 10.6 Å². The predicted molar refractivity (Wildman–Crippen MR) is 84.0 cm³/mol. The number of anilines is 1. The van der Waals surface area contributed by atoms with Gasteiger partial charge in [0, 0.05) is 28.8 Å². The van der Waals surface area contributed by atoms with Crippen molar-refractivity contribution in [2.75, 3.05) is 11.9 Å². The fraction of sp³-hybridized carbons (Fsp3) is 0.500. The Kier molecular flexibility index (Phi) is 5.66. The molecule has 106 valence electrons. The first-order chi connectivity index (χ1) is 8.86. The van der Waals surface area contributed by atoms with Gasteiger partial charge in [-0.05, 0) is 53.4 Å². The van der Waals surface area contributed by atoms with Gasteiger partial charge in [-0.3, -0.25) is 0 Å². The van der Waals surface area contributed by atoms with Gasteiger partial charge in [0.15, 0.2) is 5.84 Å². The maximum absolute atomic E-state index is 8.71. The van der Waals surface area contributed by atoms with Crippen LogP contribution in [0.1, 0.15) is 32.8 Å². The van der Waals surface area contributed by atoms with Crippen molar-refractivity contribution < 1.29 is 5.21 Å². The minimum absolute atomic E-state index is 0.108. The molecule has 0 amide bonds. The first kappa shape index (κ1) is 15.8. The molecule has 0 heterocycles. The zero-order valence-corrected chi connectivity index (χ0v) is 13.5. The van der Waals surface area contributed by atoms with Gasteiger partial charge in [0.05, 0.1) is 0 Å². The summed E-state index contributed by atoms with van der Waals surface area (Å²) < 4.78 is 0.823. The molecule has 0 spiro atoms. The Hall–Kier alpha value is -1.23. The highest BCUT2D eigenvalue weighted by molar-refractivity contribution is 9.10. The molecule has 1 aromatic rings. The van der Waals surface area contributed by atoms with E-state index in [0.717, 1.165) is 16.6 Å². The van der Waals surface area contributed by atoms with Gasteiger partial charge in [0.2, 0.25) is 0 Å². The third kappa shape index (κ3) is 4.13. The van der Waals surface area contributed by atoms with Gasteiger partial charge < -0.3 is 15.8 Å². The highest BCUT2D eigenvalue weighted by atomic mass is 79.9. The molecule has 19 heavy (non-hydrogen) atoms. The molecule has 4 nitrogen and oxygen atoms in total. The Morgan fingerprint density at radius 2 is 2.05 bits per heavy atom. The van der Waals surface area contributed by atoms with Crippen LogP contribution in [-0.2, 0) is 0 Å². The lowest BCUT2D eigenvalue weighted by Crippen LogP contribution is -2.30. The lowest BCUT2D eigenvalue weighted by molar-refractivity contribution is 0.318. The normalized spacial score (nSPS) is 13.7. The smallest absolute Gasteiger partial charge is 0.171 e. The van der Waals surface area contributed by atoms with E-state index in [0.29, 0.717) is 17.5 Å². The molecule has 0 fully saturated rings. The van der Waals surface area contributed by atoms with E-state index in [1.807, 2.05) is 18.2 Å². The van der Waals surface area contributed by atoms with Gasteiger partial charge in [0.25, 0.3) is 0 Å². The number of nitrogens with two attached hydrogens (primary N) is 1. The van der Waals surface area contributed by atoms with Gasteiger partial charge >= 0.3 is 0 Å². The molecule has 1 rings (SSSR count). The molecular formula is C14H22BrN3O. The molecule has 5 heteroatoms. The standard InChI is InChI=1S/C14H22BrN3O/c1-9(2)7-10(3)18(4)11-5-6-12(13(15)8-11)14(16)17-19/h5-6,8-10,19H,7H2,1-4H3,(H2,16,17).